The molecule has 1 fully saturated rings. The lowest BCUT2D eigenvalue weighted by atomic mass is 9.92. The van der Waals surface area contributed by atoms with E-state index in [4.69, 9.17) is 5.73 Å². The monoisotopic (exact) mass is 218 g/mol. The minimum atomic E-state index is 0.332. The number of rotatable bonds is 3. The molecule has 1 aromatic rings. The van der Waals surface area contributed by atoms with Crippen LogP contribution >= 0.6 is 0 Å². The number of benzene rings is 1. The van der Waals surface area contributed by atoms with Gasteiger partial charge >= 0.3 is 0 Å². The van der Waals surface area contributed by atoms with Crippen molar-refractivity contribution in [3.05, 3.63) is 35.9 Å². The zero-order chi connectivity index (χ0) is 11.4. The van der Waals surface area contributed by atoms with E-state index in [2.05, 4.69) is 42.2 Å². The van der Waals surface area contributed by atoms with Gasteiger partial charge in [0.15, 0.2) is 0 Å². The van der Waals surface area contributed by atoms with Crippen LogP contribution in [0.5, 0.6) is 0 Å². The lowest BCUT2D eigenvalue weighted by molar-refractivity contribution is 0.154. The maximum Gasteiger partial charge on any atom is 0.0233 e. The van der Waals surface area contributed by atoms with Crippen molar-refractivity contribution < 1.29 is 0 Å². The van der Waals surface area contributed by atoms with Crippen molar-refractivity contribution in [3.63, 3.8) is 0 Å². The molecular formula is C14H22N2. The molecule has 2 N–H and O–H groups in total. The third kappa shape index (κ3) is 3.06. The number of hydrogen-bond acceptors (Lipinski definition) is 2. The quantitative estimate of drug-likeness (QED) is 0.843. The Bertz CT molecular complexity index is 308. The first-order valence-electron chi connectivity index (χ1n) is 6.27. The molecule has 2 heteroatoms. The van der Waals surface area contributed by atoms with Crippen molar-refractivity contribution in [2.24, 2.45) is 11.7 Å². The van der Waals surface area contributed by atoms with Gasteiger partial charge in [0.1, 0.15) is 0 Å². The largest absolute Gasteiger partial charge is 0.328 e. The van der Waals surface area contributed by atoms with Crippen LogP contribution in [0.2, 0.25) is 0 Å². The van der Waals surface area contributed by atoms with Gasteiger partial charge in [0, 0.05) is 19.1 Å². The zero-order valence-corrected chi connectivity index (χ0v) is 10.1. The van der Waals surface area contributed by atoms with E-state index < -0.39 is 0 Å². The molecule has 88 valence electrons. The van der Waals surface area contributed by atoms with Gasteiger partial charge in [-0.25, -0.2) is 0 Å². The predicted octanol–water partition coefficient (Wildman–Crippen LogP) is 2.25. The van der Waals surface area contributed by atoms with Crippen LogP contribution in [0, 0.1) is 5.92 Å². The van der Waals surface area contributed by atoms with E-state index in [1.807, 2.05) is 0 Å². The predicted molar refractivity (Wildman–Crippen MR) is 68.1 cm³/mol. The molecule has 2 nitrogen and oxygen atoms in total. The molecule has 16 heavy (non-hydrogen) atoms. The third-order valence-corrected chi connectivity index (χ3v) is 3.53. The average Bonchev–Trinajstić information content (AvgIpc) is 2.30. The van der Waals surface area contributed by atoms with E-state index in [1.165, 1.54) is 24.9 Å². The maximum atomic E-state index is 6.00. The second-order valence-electron chi connectivity index (χ2n) is 4.98. The SMILES string of the molecule is C[C@H](N)[C@@H]1CCCN(Cc2ccccc2)C1. The highest BCUT2D eigenvalue weighted by Crippen LogP contribution is 2.20. The van der Waals surface area contributed by atoms with Crippen LogP contribution in [0.15, 0.2) is 30.3 Å². The van der Waals surface area contributed by atoms with E-state index in [-0.39, 0.29) is 0 Å². The number of likely N-dealkylation sites (tertiary alicyclic amines) is 1. The summed E-state index contributed by atoms with van der Waals surface area (Å²) in [5.41, 5.74) is 7.41. The van der Waals surface area contributed by atoms with Crippen LogP contribution in [0.3, 0.4) is 0 Å². The molecule has 0 aromatic heterocycles. The Labute approximate surface area is 98.4 Å². The van der Waals surface area contributed by atoms with Crippen LogP contribution in [0.25, 0.3) is 0 Å². The first kappa shape index (κ1) is 11.6. The summed E-state index contributed by atoms with van der Waals surface area (Å²) in [5.74, 6) is 0.678. The van der Waals surface area contributed by atoms with Gasteiger partial charge in [0.2, 0.25) is 0 Å². The highest BCUT2D eigenvalue weighted by atomic mass is 15.1. The Hall–Kier alpha value is -0.860. The first-order valence-corrected chi connectivity index (χ1v) is 6.27. The van der Waals surface area contributed by atoms with Gasteiger partial charge < -0.3 is 5.73 Å². The number of piperidine rings is 1. The van der Waals surface area contributed by atoms with E-state index in [0.717, 1.165) is 13.1 Å². The maximum absolute atomic E-state index is 6.00. The fourth-order valence-electron chi connectivity index (χ4n) is 2.51. The fraction of sp³-hybridized carbons (Fsp3) is 0.571. The molecule has 0 radical (unpaired) electrons. The normalized spacial score (nSPS) is 24.2. The van der Waals surface area contributed by atoms with Gasteiger partial charge in [0.05, 0.1) is 0 Å². The molecule has 1 heterocycles. The number of hydrogen-bond donors (Lipinski definition) is 1. The van der Waals surface area contributed by atoms with Crippen molar-refractivity contribution in [3.8, 4) is 0 Å². The number of nitrogens with zero attached hydrogens (tertiary/aromatic N) is 1. The third-order valence-electron chi connectivity index (χ3n) is 3.53. The Morgan fingerprint density at radius 3 is 2.81 bits per heavy atom. The lowest BCUT2D eigenvalue weighted by Gasteiger charge is -2.34. The highest BCUT2D eigenvalue weighted by molar-refractivity contribution is 5.14. The van der Waals surface area contributed by atoms with Gasteiger partial charge in [-0.05, 0) is 37.8 Å². The van der Waals surface area contributed by atoms with Crippen LogP contribution in [0.1, 0.15) is 25.3 Å². The Morgan fingerprint density at radius 1 is 1.38 bits per heavy atom. The van der Waals surface area contributed by atoms with Crippen LogP contribution < -0.4 is 5.73 Å². The molecule has 1 saturated heterocycles. The summed E-state index contributed by atoms with van der Waals surface area (Å²) in [4.78, 5) is 2.53. The van der Waals surface area contributed by atoms with Gasteiger partial charge in [-0.3, -0.25) is 4.90 Å². The minimum Gasteiger partial charge on any atom is -0.328 e. The Kier molecular flexibility index (Phi) is 3.97. The molecule has 0 bridgehead atoms. The zero-order valence-electron chi connectivity index (χ0n) is 10.1. The van der Waals surface area contributed by atoms with Crippen molar-refractivity contribution in [2.75, 3.05) is 13.1 Å². The topological polar surface area (TPSA) is 29.3 Å². The fourth-order valence-corrected chi connectivity index (χ4v) is 2.51. The van der Waals surface area contributed by atoms with Gasteiger partial charge in [-0.15, -0.1) is 0 Å². The van der Waals surface area contributed by atoms with Gasteiger partial charge in [0.25, 0.3) is 0 Å². The molecule has 0 amide bonds. The first-order chi connectivity index (χ1) is 7.75. The molecule has 2 atom stereocenters. The van der Waals surface area contributed by atoms with E-state index in [0.29, 0.717) is 12.0 Å². The summed E-state index contributed by atoms with van der Waals surface area (Å²) in [6.45, 7) is 5.59. The van der Waals surface area contributed by atoms with E-state index >= 15 is 0 Å². The molecule has 1 aliphatic rings. The summed E-state index contributed by atoms with van der Waals surface area (Å²) in [6, 6.07) is 11.0. The molecule has 1 aromatic carbocycles. The molecule has 1 aliphatic heterocycles. The standard InChI is InChI=1S/C14H22N2/c1-12(15)14-8-5-9-16(11-14)10-13-6-3-2-4-7-13/h2-4,6-7,12,14H,5,8-11,15H2,1H3/t12-,14+/m0/s1. The van der Waals surface area contributed by atoms with Crippen LogP contribution in [-0.4, -0.2) is 24.0 Å². The van der Waals surface area contributed by atoms with Crippen molar-refractivity contribution in [2.45, 2.75) is 32.4 Å². The Balaban J connectivity index is 1.90. The second-order valence-corrected chi connectivity index (χ2v) is 4.98. The van der Waals surface area contributed by atoms with Crippen LogP contribution in [-0.2, 0) is 6.54 Å². The molecule has 2 rings (SSSR count). The molecule has 0 saturated carbocycles. The summed E-state index contributed by atoms with van der Waals surface area (Å²) < 4.78 is 0. The van der Waals surface area contributed by atoms with Crippen molar-refractivity contribution >= 4 is 0 Å². The summed E-state index contributed by atoms with van der Waals surface area (Å²) >= 11 is 0. The van der Waals surface area contributed by atoms with E-state index in [9.17, 15) is 0 Å². The molecule has 0 spiro atoms. The number of nitrogens with two attached hydrogens (primary N) is 1. The Morgan fingerprint density at radius 2 is 2.12 bits per heavy atom. The second kappa shape index (κ2) is 5.46. The molecule has 0 unspecified atom stereocenters. The average molecular weight is 218 g/mol. The summed E-state index contributed by atoms with van der Waals surface area (Å²) in [5, 5.41) is 0. The molecule has 0 aliphatic carbocycles. The van der Waals surface area contributed by atoms with Gasteiger partial charge in [-0.2, -0.15) is 0 Å². The summed E-state index contributed by atoms with van der Waals surface area (Å²) in [6.07, 6.45) is 2.59. The smallest absolute Gasteiger partial charge is 0.0233 e. The molecular weight excluding hydrogens is 196 g/mol. The van der Waals surface area contributed by atoms with Crippen molar-refractivity contribution in [1.29, 1.82) is 0 Å². The van der Waals surface area contributed by atoms with Crippen LogP contribution in [0.4, 0.5) is 0 Å². The van der Waals surface area contributed by atoms with Gasteiger partial charge in [-0.1, -0.05) is 30.3 Å². The summed E-state index contributed by atoms with van der Waals surface area (Å²) in [7, 11) is 0. The van der Waals surface area contributed by atoms with E-state index in [1.54, 1.807) is 0 Å². The van der Waals surface area contributed by atoms with Crippen molar-refractivity contribution in [1.82, 2.24) is 4.90 Å². The highest BCUT2D eigenvalue weighted by Gasteiger charge is 2.22. The lowest BCUT2D eigenvalue weighted by Crippen LogP contribution is -2.41. The minimum absolute atomic E-state index is 0.332.